The van der Waals surface area contributed by atoms with Gasteiger partial charge in [0.2, 0.25) is 0 Å². The molecule has 2 rings (SSSR count). The predicted molar refractivity (Wildman–Crippen MR) is 99.8 cm³/mol. The number of carbonyl (C=O) groups is 1. The molecule has 134 valence electrons. The summed E-state index contributed by atoms with van der Waals surface area (Å²) in [7, 11) is 1.93. The highest BCUT2D eigenvalue weighted by Crippen LogP contribution is 2.27. The van der Waals surface area contributed by atoms with Gasteiger partial charge in [-0.3, -0.25) is 0 Å². The number of carbonyl (C=O) groups excluding carboxylic acids is 1. The molecule has 24 heavy (non-hydrogen) atoms. The maximum atomic E-state index is 12.4. The van der Waals surface area contributed by atoms with Crippen LogP contribution in [0, 0.1) is 6.92 Å². The highest BCUT2D eigenvalue weighted by atomic mass is 16.6. The smallest absolute Gasteiger partial charge is 0.410 e. The Morgan fingerprint density at radius 2 is 2.04 bits per heavy atom. The molecular formula is C19H31N3O2. The van der Waals surface area contributed by atoms with Crippen LogP contribution in [0.4, 0.5) is 16.2 Å². The molecule has 0 saturated carbocycles. The molecule has 1 atom stereocenters. The molecule has 1 amide bonds. The van der Waals surface area contributed by atoms with Crippen LogP contribution in [0.5, 0.6) is 0 Å². The summed E-state index contributed by atoms with van der Waals surface area (Å²) in [4.78, 5) is 14.3. The minimum absolute atomic E-state index is 0.213. The highest BCUT2D eigenvalue weighted by molar-refractivity contribution is 5.73. The maximum absolute atomic E-state index is 12.4. The van der Waals surface area contributed by atoms with Gasteiger partial charge in [-0.05, 0) is 58.6 Å². The van der Waals surface area contributed by atoms with Gasteiger partial charge in [0, 0.05) is 26.2 Å². The summed E-state index contributed by atoms with van der Waals surface area (Å²) >= 11 is 0. The molecule has 1 aromatic rings. The van der Waals surface area contributed by atoms with Gasteiger partial charge in [0.15, 0.2) is 0 Å². The second kappa shape index (κ2) is 7.77. The zero-order valence-corrected chi connectivity index (χ0v) is 15.6. The van der Waals surface area contributed by atoms with E-state index in [4.69, 9.17) is 4.74 Å². The first-order valence-electron chi connectivity index (χ1n) is 8.82. The second-order valence-corrected chi connectivity index (χ2v) is 7.51. The van der Waals surface area contributed by atoms with Crippen molar-refractivity contribution in [3.63, 3.8) is 0 Å². The second-order valence-electron chi connectivity index (χ2n) is 7.51. The van der Waals surface area contributed by atoms with Crippen LogP contribution < -0.4 is 10.6 Å². The minimum Gasteiger partial charge on any atom is -0.444 e. The lowest BCUT2D eigenvalue weighted by Gasteiger charge is -2.29. The first kappa shape index (κ1) is 18.4. The van der Waals surface area contributed by atoms with Crippen LogP contribution in [-0.4, -0.2) is 42.8 Å². The molecular weight excluding hydrogens is 302 g/mol. The number of benzene rings is 1. The number of aryl methyl sites for hydroxylation is 1. The Hall–Kier alpha value is -1.91. The van der Waals surface area contributed by atoms with Gasteiger partial charge in [-0.2, -0.15) is 0 Å². The zero-order chi connectivity index (χ0) is 17.7. The third kappa shape index (κ3) is 5.05. The number of para-hydroxylation sites is 1. The highest BCUT2D eigenvalue weighted by Gasteiger charge is 2.26. The number of rotatable bonds is 3. The van der Waals surface area contributed by atoms with Gasteiger partial charge in [-0.1, -0.05) is 12.1 Å². The summed E-state index contributed by atoms with van der Waals surface area (Å²) in [5, 5.41) is 6.88. The van der Waals surface area contributed by atoms with E-state index in [2.05, 4.69) is 29.7 Å². The lowest BCUT2D eigenvalue weighted by molar-refractivity contribution is 0.0252. The van der Waals surface area contributed by atoms with Crippen LogP contribution in [0.1, 0.15) is 45.6 Å². The van der Waals surface area contributed by atoms with Crippen LogP contribution in [0.15, 0.2) is 18.2 Å². The molecule has 0 aromatic heterocycles. The molecule has 0 bridgehead atoms. The average molecular weight is 333 g/mol. The lowest BCUT2D eigenvalue weighted by Crippen LogP contribution is -2.42. The molecule has 0 spiro atoms. The molecule has 5 heteroatoms. The Labute approximate surface area is 145 Å². The molecule has 0 unspecified atom stereocenters. The van der Waals surface area contributed by atoms with Crippen LogP contribution in [0.2, 0.25) is 0 Å². The van der Waals surface area contributed by atoms with Gasteiger partial charge in [0.1, 0.15) is 5.60 Å². The summed E-state index contributed by atoms with van der Waals surface area (Å²) in [5.74, 6) is 0. The number of ether oxygens (including phenoxy) is 1. The van der Waals surface area contributed by atoms with Crippen molar-refractivity contribution in [3.8, 4) is 0 Å². The van der Waals surface area contributed by atoms with Crippen molar-refractivity contribution >= 4 is 17.5 Å². The predicted octanol–water partition coefficient (Wildman–Crippen LogP) is 4.24. The summed E-state index contributed by atoms with van der Waals surface area (Å²) in [6, 6.07) is 6.45. The van der Waals surface area contributed by atoms with Gasteiger partial charge >= 0.3 is 6.09 Å². The van der Waals surface area contributed by atoms with Crippen LogP contribution in [-0.2, 0) is 4.74 Å². The number of hydrogen-bond donors (Lipinski definition) is 2. The number of nitrogens with zero attached hydrogens (tertiary/aromatic N) is 1. The zero-order valence-electron chi connectivity index (χ0n) is 15.6. The largest absolute Gasteiger partial charge is 0.444 e. The average Bonchev–Trinajstić information content (AvgIpc) is 2.73. The van der Waals surface area contributed by atoms with E-state index in [1.165, 1.54) is 5.56 Å². The van der Waals surface area contributed by atoms with E-state index in [9.17, 15) is 4.79 Å². The van der Waals surface area contributed by atoms with E-state index in [1.54, 1.807) is 0 Å². The first-order chi connectivity index (χ1) is 11.3. The Kier molecular flexibility index (Phi) is 5.97. The molecule has 2 N–H and O–H groups in total. The fourth-order valence-electron chi connectivity index (χ4n) is 3.02. The maximum Gasteiger partial charge on any atom is 0.410 e. The summed E-state index contributed by atoms with van der Waals surface area (Å²) in [6.45, 7) is 9.26. The van der Waals surface area contributed by atoms with Crippen LogP contribution in [0.3, 0.4) is 0 Å². The number of hydrogen-bond acceptors (Lipinski definition) is 4. The molecule has 1 aliphatic heterocycles. The lowest BCUT2D eigenvalue weighted by atomic mass is 10.1. The molecule has 1 aromatic carbocycles. The quantitative estimate of drug-likeness (QED) is 0.869. The number of anilines is 2. The van der Waals surface area contributed by atoms with E-state index in [0.717, 1.165) is 37.2 Å². The molecule has 0 aliphatic carbocycles. The molecule has 1 aliphatic rings. The van der Waals surface area contributed by atoms with Crippen LogP contribution >= 0.6 is 0 Å². The summed E-state index contributed by atoms with van der Waals surface area (Å²) in [5.41, 5.74) is 2.95. The van der Waals surface area contributed by atoms with E-state index in [-0.39, 0.29) is 12.1 Å². The van der Waals surface area contributed by atoms with E-state index >= 15 is 0 Å². The van der Waals surface area contributed by atoms with E-state index < -0.39 is 5.60 Å². The topological polar surface area (TPSA) is 53.6 Å². The van der Waals surface area contributed by atoms with Gasteiger partial charge in [-0.15, -0.1) is 0 Å². The molecule has 5 nitrogen and oxygen atoms in total. The Balaban J connectivity index is 2.09. The fraction of sp³-hybridized carbons (Fsp3) is 0.632. The standard InChI is InChI=1S/C19H31N3O2/c1-14-9-8-11-16(20-5)17(14)21-15-10-6-7-12-22(13-15)18(23)24-19(2,3)4/h8-9,11,15,20-21H,6-7,10,12-13H2,1-5H3/t15-/m1/s1. The van der Waals surface area contributed by atoms with E-state index in [0.29, 0.717) is 6.54 Å². The van der Waals surface area contributed by atoms with Gasteiger partial charge < -0.3 is 20.3 Å². The molecule has 1 fully saturated rings. The summed E-state index contributed by atoms with van der Waals surface area (Å²) < 4.78 is 5.55. The first-order valence-corrected chi connectivity index (χ1v) is 8.82. The minimum atomic E-state index is -0.457. The Bertz CT molecular complexity index is 566. The SMILES string of the molecule is CNc1cccc(C)c1N[C@@H]1CCCCN(C(=O)OC(C)(C)C)C1. The molecule has 1 saturated heterocycles. The normalized spacial score (nSPS) is 18.7. The van der Waals surface area contributed by atoms with E-state index in [1.807, 2.05) is 38.8 Å². The molecule has 1 heterocycles. The van der Waals surface area contributed by atoms with Crippen molar-refractivity contribution < 1.29 is 9.53 Å². The Morgan fingerprint density at radius 3 is 2.71 bits per heavy atom. The third-order valence-electron chi connectivity index (χ3n) is 4.21. The monoisotopic (exact) mass is 333 g/mol. The van der Waals surface area contributed by atoms with Gasteiger partial charge in [0.05, 0.1) is 11.4 Å². The molecule has 0 radical (unpaired) electrons. The van der Waals surface area contributed by atoms with Crippen molar-refractivity contribution in [3.05, 3.63) is 23.8 Å². The van der Waals surface area contributed by atoms with Crippen molar-refractivity contribution in [2.24, 2.45) is 0 Å². The fourth-order valence-corrected chi connectivity index (χ4v) is 3.02. The van der Waals surface area contributed by atoms with Crippen molar-refractivity contribution in [2.45, 2.75) is 58.6 Å². The Morgan fingerprint density at radius 1 is 1.29 bits per heavy atom. The number of nitrogens with one attached hydrogen (secondary N) is 2. The van der Waals surface area contributed by atoms with Gasteiger partial charge in [-0.25, -0.2) is 4.79 Å². The van der Waals surface area contributed by atoms with Crippen molar-refractivity contribution in [2.75, 3.05) is 30.8 Å². The third-order valence-corrected chi connectivity index (χ3v) is 4.21. The van der Waals surface area contributed by atoms with Crippen molar-refractivity contribution in [1.29, 1.82) is 0 Å². The van der Waals surface area contributed by atoms with Gasteiger partial charge in [0.25, 0.3) is 0 Å². The summed E-state index contributed by atoms with van der Waals surface area (Å²) in [6.07, 6.45) is 2.97. The number of likely N-dealkylation sites (tertiary alicyclic amines) is 1. The number of amides is 1. The van der Waals surface area contributed by atoms with Crippen LogP contribution in [0.25, 0.3) is 0 Å². The van der Waals surface area contributed by atoms with Crippen molar-refractivity contribution in [1.82, 2.24) is 4.90 Å².